The lowest BCUT2D eigenvalue weighted by molar-refractivity contribution is 0.483. The Labute approximate surface area is 62.9 Å². The van der Waals surface area contributed by atoms with Crippen molar-refractivity contribution in [2.24, 2.45) is 0 Å². The van der Waals surface area contributed by atoms with Crippen LogP contribution in [0.3, 0.4) is 0 Å². The van der Waals surface area contributed by atoms with Crippen molar-refractivity contribution in [2.45, 2.75) is 0 Å². The third-order valence-electron chi connectivity index (χ3n) is 1.00. The van der Waals surface area contributed by atoms with E-state index in [-0.39, 0.29) is 5.69 Å². The van der Waals surface area contributed by atoms with Crippen LogP contribution in [0.1, 0.15) is 0 Å². The Morgan fingerprint density at radius 1 is 1.50 bits per heavy atom. The van der Waals surface area contributed by atoms with Gasteiger partial charge >= 0.3 is 10.8 Å². The zero-order valence-corrected chi connectivity index (χ0v) is 7.03. The number of nitrogens with zero attached hydrogens (tertiary/aromatic N) is 2. The normalized spacial score (nSPS) is 11.9. The number of nitrogens with one attached hydrogen (secondary N) is 1. The van der Waals surface area contributed by atoms with Gasteiger partial charge in [0.15, 0.2) is 0 Å². The molecule has 4 nitrogen and oxygen atoms in total. The zero-order valence-electron chi connectivity index (χ0n) is 6.21. The van der Waals surface area contributed by atoms with Crippen molar-refractivity contribution in [2.75, 3.05) is 21.1 Å². The summed E-state index contributed by atoms with van der Waals surface area (Å²) >= 11 is 1.28. The van der Waals surface area contributed by atoms with Gasteiger partial charge in [0, 0.05) is 11.5 Å². The molecule has 0 aliphatic rings. The highest BCUT2D eigenvalue weighted by Gasteiger charge is 2.16. The molecule has 1 aromatic heterocycles. The van der Waals surface area contributed by atoms with Crippen LogP contribution in [0.5, 0.6) is 0 Å². The molecule has 0 fully saturated rings. The number of aromatic amines is 1. The van der Waals surface area contributed by atoms with Gasteiger partial charge in [-0.3, -0.25) is 8.86 Å². The molecule has 0 aliphatic carbocycles. The molecule has 5 heteroatoms. The van der Waals surface area contributed by atoms with E-state index in [4.69, 9.17) is 0 Å². The predicted molar refractivity (Wildman–Crippen MR) is 42.3 cm³/mol. The third-order valence-corrected chi connectivity index (χ3v) is 2.10. The summed E-state index contributed by atoms with van der Waals surface area (Å²) in [4.78, 5) is 14.3. The highest BCUT2D eigenvalue weighted by atomic mass is 32.1. The summed E-state index contributed by atoms with van der Waals surface area (Å²) in [5.41, 5.74) is -0.256. The fraction of sp³-hybridized carbons (Fsp3) is 0.600. The minimum absolute atomic E-state index is 0.256. The van der Waals surface area contributed by atoms with E-state index in [9.17, 15) is 4.79 Å². The molecule has 0 unspecified atom stereocenters. The van der Waals surface area contributed by atoms with Gasteiger partial charge in [-0.15, -0.1) is 4.98 Å². The predicted octanol–water partition coefficient (Wildman–Crippen LogP) is 0.0281. The second-order valence-electron chi connectivity index (χ2n) is 2.92. The molecule has 1 rings (SSSR count). The van der Waals surface area contributed by atoms with E-state index in [1.165, 1.54) is 11.5 Å². The average Bonchev–Trinajstić information content (AvgIpc) is 2.11. The van der Waals surface area contributed by atoms with Crippen molar-refractivity contribution in [3.8, 4) is 0 Å². The summed E-state index contributed by atoms with van der Waals surface area (Å²) < 4.78 is 3.12. The first-order valence-corrected chi connectivity index (χ1v) is 3.69. The Morgan fingerprint density at radius 3 is 2.30 bits per heavy atom. The van der Waals surface area contributed by atoms with E-state index < -0.39 is 0 Å². The Kier molecular flexibility index (Phi) is 1.61. The first-order chi connectivity index (χ1) is 4.50. The van der Waals surface area contributed by atoms with Crippen LogP contribution < -0.4 is 10.2 Å². The van der Waals surface area contributed by atoms with Gasteiger partial charge in [0.05, 0.1) is 21.1 Å². The number of aromatic nitrogens is 2. The molecule has 0 aromatic carbocycles. The van der Waals surface area contributed by atoms with Crippen molar-refractivity contribution in [3.05, 3.63) is 10.5 Å². The molecule has 0 saturated heterocycles. The van der Waals surface area contributed by atoms with Gasteiger partial charge in [0.1, 0.15) is 0 Å². The maximum absolute atomic E-state index is 10.6. The van der Waals surface area contributed by atoms with Gasteiger partial charge in [-0.1, -0.05) is 0 Å². The summed E-state index contributed by atoms with van der Waals surface area (Å²) in [7, 11) is 5.89. The van der Waals surface area contributed by atoms with Crippen molar-refractivity contribution >= 4 is 16.7 Å². The van der Waals surface area contributed by atoms with Crippen LogP contribution in [0.25, 0.3) is 0 Å². The molecule has 0 bridgehead atoms. The van der Waals surface area contributed by atoms with Gasteiger partial charge in [0.2, 0.25) is 0 Å². The lowest BCUT2D eigenvalue weighted by atomic mass is 10.7. The molecule has 0 spiro atoms. The number of hydrogen-bond donors (Lipinski definition) is 1. The van der Waals surface area contributed by atoms with Gasteiger partial charge in [-0.2, -0.15) is 0 Å². The van der Waals surface area contributed by atoms with Crippen LogP contribution in [-0.4, -0.2) is 30.5 Å². The quantitative estimate of drug-likeness (QED) is 0.589. The second-order valence-corrected chi connectivity index (χ2v) is 3.69. The lowest BCUT2D eigenvalue weighted by Crippen LogP contribution is -2.35. The highest BCUT2D eigenvalue weighted by Crippen LogP contribution is 2.13. The minimum atomic E-state index is -0.256. The van der Waals surface area contributed by atoms with Crippen molar-refractivity contribution in [1.82, 2.24) is 13.8 Å². The van der Waals surface area contributed by atoms with Crippen molar-refractivity contribution in [3.63, 3.8) is 0 Å². The number of quaternary nitrogens is 1. The maximum Gasteiger partial charge on any atom is 0.360 e. The Bertz CT molecular complexity index is 269. The Morgan fingerprint density at radius 2 is 2.10 bits per heavy atom. The molecular formula is C5H10N3OS+. The molecule has 10 heavy (non-hydrogen) atoms. The van der Waals surface area contributed by atoms with E-state index in [0.717, 1.165) is 5.13 Å². The van der Waals surface area contributed by atoms with Crippen LogP contribution in [0, 0.1) is 0 Å². The van der Waals surface area contributed by atoms with Crippen molar-refractivity contribution < 1.29 is 0 Å². The Hall–Kier alpha value is -0.680. The highest BCUT2D eigenvalue weighted by molar-refractivity contribution is 7.09. The standard InChI is InChI=1S/C5H9N3OS/c1-8(2,3)5-6-4(9)7-10-5/h1-3H3/p+1. The summed E-state index contributed by atoms with van der Waals surface area (Å²) in [5, 5.41) is 0.796. The third kappa shape index (κ3) is 1.43. The lowest BCUT2D eigenvalue weighted by Gasteiger charge is -2.17. The van der Waals surface area contributed by atoms with Crippen LogP contribution in [0.4, 0.5) is 5.13 Å². The summed E-state index contributed by atoms with van der Waals surface area (Å²) in [6.45, 7) is 0. The van der Waals surface area contributed by atoms with Crippen LogP contribution in [-0.2, 0) is 0 Å². The molecule has 0 radical (unpaired) electrons. The molecule has 0 atom stereocenters. The van der Waals surface area contributed by atoms with Gasteiger partial charge in [0.25, 0.3) is 0 Å². The molecular weight excluding hydrogens is 150 g/mol. The maximum atomic E-state index is 10.6. The smallest absolute Gasteiger partial charge is 0.271 e. The van der Waals surface area contributed by atoms with Gasteiger partial charge in [-0.25, -0.2) is 4.79 Å². The van der Waals surface area contributed by atoms with Crippen LogP contribution in [0.2, 0.25) is 0 Å². The molecule has 56 valence electrons. The molecule has 1 heterocycles. The molecule has 0 saturated carbocycles. The summed E-state index contributed by atoms with van der Waals surface area (Å²) in [6, 6.07) is 0. The molecule has 0 amide bonds. The number of hydrogen-bond acceptors (Lipinski definition) is 3. The largest absolute Gasteiger partial charge is 0.360 e. The second kappa shape index (κ2) is 2.17. The summed E-state index contributed by atoms with van der Waals surface area (Å²) in [6.07, 6.45) is 0. The van der Waals surface area contributed by atoms with Crippen LogP contribution >= 0.6 is 11.5 Å². The van der Waals surface area contributed by atoms with E-state index in [1.807, 2.05) is 21.1 Å². The van der Waals surface area contributed by atoms with E-state index >= 15 is 0 Å². The molecule has 0 aliphatic heterocycles. The number of rotatable bonds is 1. The van der Waals surface area contributed by atoms with E-state index in [2.05, 4.69) is 9.36 Å². The van der Waals surface area contributed by atoms with Crippen LogP contribution in [0.15, 0.2) is 4.79 Å². The Balaban J connectivity index is 3.07. The summed E-state index contributed by atoms with van der Waals surface area (Å²) in [5.74, 6) is 0. The van der Waals surface area contributed by atoms with E-state index in [1.54, 1.807) is 0 Å². The first-order valence-electron chi connectivity index (χ1n) is 2.87. The van der Waals surface area contributed by atoms with E-state index in [0.29, 0.717) is 4.48 Å². The topological polar surface area (TPSA) is 45.8 Å². The minimum Gasteiger partial charge on any atom is -0.271 e. The first kappa shape index (κ1) is 7.43. The monoisotopic (exact) mass is 160 g/mol. The fourth-order valence-corrected chi connectivity index (χ4v) is 1.14. The van der Waals surface area contributed by atoms with Gasteiger partial charge in [-0.05, 0) is 0 Å². The van der Waals surface area contributed by atoms with Gasteiger partial charge < -0.3 is 0 Å². The zero-order chi connectivity index (χ0) is 7.78. The SMILES string of the molecule is C[N+](C)(C)c1nc(=O)[nH]s1. The average molecular weight is 160 g/mol. The molecule has 1 aromatic rings. The fourth-order valence-electron chi connectivity index (χ4n) is 0.509. The van der Waals surface area contributed by atoms with Crippen molar-refractivity contribution in [1.29, 1.82) is 0 Å². The number of H-pyrrole nitrogens is 1. The molecule has 1 N–H and O–H groups in total.